The van der Waals surface area contributed by atoms with Gasteiger partial charge in [-0.15, -0.1) is 0 Å². The Morgan fingerprint density at radius 3 is 2.76 bits per heavy atom. The van der Waals surface area contributed by atoms with Crippen molar-refractivity contribution in [2.75, 3.05) is 18.4 Å². The van der Waals surface area contributed by atoms with Crippen LogP contribution in [0.1, 0.15) is 41.5 Å². The highest BCUT2D eigenvalue weighted by Gasteiger charge is 2.19. The molecule has 1 aliphatic rings. The summed E-state index contributed by atoms with van der Waals surface area (Å²) in [6, 6.07) is 9.71. The summed E-state index contributed by atoms with van der Waals surface area (Å²) in [6.07, 6.45) is 3.77. The number of hydrogen-bond donors (Lipinski definition) is 3. The van der Waals surface area contributed by atoms with Crippen LogP contribution < -0.4 is 16.0 Å². The molecular weight excluding hydrogens is 368 g/mol. The minimum Gasteiger partial charge on any atom is -0.359 e. The molecule has 3 heterocycles. The van der Waals surface area contributed by atoms with Crippen LogP contribution in [0.5, 0.6) is 0 Å². The Morgan fingerprint density at radius 1 is 1.24 bits per heavy atom. The molecule has 0 bridgehead atoms. The van der Waals surface area contributed by atoms with Gasteiger partial charge in [0, 0.05) is 12.0 Å². The lowest BCUT2D eigenvalue weighted by Gasteiger charge is -2.19. The standard InChI is InChI=1S/C21H26N6O2/c1-14-3-5-17(6-4-14)27-15(2)20(13-24-27)25-21(28)23-12-18-11-19(26-29-18)16-7-9-22-10-8-16/h3-6,11,13,16,22H,7-10,12H2,1-2H3,(H2,23,25,28). The van der Waals surface area contributed by atoms with Crippen LogP contribution in [0, 0.1) is 13.8 Å². The summed E-state index contributed by atoms with van der Waals surface area (Å²) >= 11 is 0. The SMILES string of the molecule is Cc1ccc(-n2ncc(NC(=O)NCc3cc(C4CCNCC4)no3)c2C)cc1. The maximum absolute atomic E-state index is 12.3. The number of piperidine rings is 1. The topological polar surface area (TPSA) is 97.0 Å². The molecule has 0 radical (unpaired) electrons. The first-order valence-corrected chi connectivity index (χ1v) is 9.93. The molecule has 3 aromatic rings. The van der Waals surface area contributed by atoms with Crippen LogP contribution in [0.4, 0.5) is 10.5 Å². The lowest BCUT2D eigenvalue weighted by atomic mass is 9.95. The van der Waals surface area contributed by atoms with Gasteiger partial charge in [-0.05, 0) is 51.9 Å². The normalized spacial score (nSPS) is 14.7. The number of hydrogen-bond acceptors (Lipinski definition) is 5. The Balaban J connectivity index is 1.33. The second-order valence-corrected chi connectivity index (χ2v) is 7.44. The van der Waals surface area contributed by atoms with Crippen LogP contribution in [0.3, 0.4) is 0 Å². The fraction of sp³-hybridized carbons (Fsp3) is 0.381. The summed E-state index contributed by atoms with van der Waals surface area (Å²) in [4.78, 5) is 12.3. The molecule has 1 saturated heterocycles. The Bertz CT molecular complexity index is 969. The molecule has 29 heavy (non-hydrogen) atoms. The van der Waals surface area contributed by atoms with Gasteiger partial charge in [-0.2, -0.15) is 5.10 Å². The maximum Gasteiger partial charge on any atom is 0.319 e. The molecule has 0 saturated carbocycles. The third-order valence-corrected chi connectivity index (χ3v) is 5.29. The average molecular weight is 394 g/mol. The quantitative estimate of drug-likeness (QED) is 0.617. The van der Waals surface area contributed by atoms with Gasteiger partial charge in [-0.25, -0.2) is 9.48 Å². The predicted octanol–water partition coefficient (Wildman–Crippen LogP) is 3.27. The predicted molar refractivity (Wildman–Crippen MR) is 110 cm³/mol. The zero-order valence-corrected chi connectivity index (χ0v) is 16.7. The zero-order valence-electron chi connectivity index (χ0n) is 16.7. The number of carbonyl (C=O) groups is 1. The van der Waals surface area contributed by atoms with E-state index in [1.54, 1.807) is 10.9 Å². The molecule has 0 aliphatic carbocycles. The number of amides is 2. The molecule has 4 rings (SSSR count). The Labute approximate surface area is 169 Å². The van der Waals surface area contributed by atoms with Gasteiger partial charge in [0.15, 0.2) is 5.76 Å². The van der Waals surface area contributed by atoms with Gasteiger partial charge in [-0.3, -0.25) is 0 Å². The molecule has 0 spiro atoms. The molecule has 8 nitrogen and oxygen atoms in total. The minimum absolute atomic E-state index is 0.287. The van der Waals surface area contributed by atoms with Crippen LogP contribution in [0.25, 0.3) is 5.69 Å². The first-order chi connectivity index (χ1) is 14.1. The zero-order chi connectivity index (χ0) is 20.2. The molecule has 2 amide bonds. The number of benzene rings is 1. The molecule has 8 heteroatoms. The average Bonchev–Trinajstić information content (AvgIpc) is 3.35. The number of carbonyl (C=O) groups excluding carboxylic acids is 1. The van der Waals surface area contributed by atoms with E-state index >= 15 is 0 Å². The molecule has 0 unspecified atom stereocenters. The fourth-order valence-electron chi connectivity index (χ4n) is 3.53. The molecule has 1 aliphatic heterocycles. The van der Waals surface area contributed by atoms with E-state index in [1.807, 2.05) is 44.2 Å². The van der Waals surface area contributed by atoms with Gasteiger partial charge in [0.25, 0.3) is 0 Å². The van der Waals surface area contributed by atoms with Crippen molar-refractivity contribution in [1.29, 1.82) is 0 Å². The summed E-state index contributed by atoms with van der Waals surface area (Å²) < 4.78 is 7.19. The summed E-state index contributed by atoms with van der Waals surface area (Å²) in [7, 11) is 0. The van der Waals surface area contributed by atoms with Crippen molar-refractivity contribution >= 4 is 11.7 Å². The third-order valence-electron chi connectivity index (χ3n) is 5.29. The van der Waals surface area contributed by atoms with Crippen molar-refractivity contribution in [3.05, 3.63) is 59.2 Å². The second kappa shape index (κ2) is 8.48. The highest BCUT2D eigenvalue weighted by Crippen LogP contribution is 2.24. The molecule has 0 atom stereocenters. The summed E-state index contributed by atoms with van der Waals surface area (Å²) in [5, 5.41) is 17.6. The fourth-order valence-corrected chi connectivity index (χ4v) is 3.53. The molecule has 152 valence electrons. The van der Waals surface area contributed by atoms with E-state index in [4.69, 9.17) is 4.52 Å². The van der Waals surface area contributed by atoms with E-state index in [0.717, 1.165) is 43.0 Å². The second-order valence-electron chi connectivity index (χ2n) is 7.44. The molecule has 3 N–H and O–H groups in total. The monoisotopic (exact) mass is 394 g/mol. The molecular formula is C21H26N6O2. The minimum atomic E-state index is -0.309. The van der Waals surface area contributed by atoms with Crippen molar-refractivity contribution in [2.24, 2.45) is 0 Å². The Kier molecular flexibility index (Phi) is 5.62. The van der Waals surface area contributed by atoms with Crippen molar-refractivity contribution in [2.45, 2.75) is 39.2 Å². The highest BCUT2D eigenvalue weighted by molar-refractivity contribution is 5.89. The largest absolute Gasteiger partial charge is 0.359 e. The van der Waals surface area contributed by atoms with Gasteiger partial charge < -0.3 is 20.5 Å². The van der Waals surface area contributed by atoms with E-state index < -0.39 is 0 Å². The smallest absolute Gasteiger partial charge is 0.319 e. The first-order valence-electron chi connectivity index (χ1n) is 9.93. The lowest BCUT2D eigenvalue weighted by molar-refractivity contribution is 0.250. The number of rotatable bonds is 5. The number of nitrogens with zero attached hydrogens (tertiary/aromatic N) is 3. The van der Waals surface area contributed by atoms with Crippen LogP contribution in [-0.4, -0.2) is 34.1 Å². The maximum atomic E-state index is 12.3. The highest BCUT2D eigenvalue weighted by atomic mass is 16.5. The van der Waals surface area contributed by atoms with E-state index in [0.29, 0.717) is 17.4 Å². The van der Waals surface area contributed by atoms with Gasteiger partial charge in [0.2, 0.25) is 0 Å². The Hall–Kier alpha value is -3.13. The van der Waals surface area contributed by atoms with E-state index in [1.165, 1.54) is 5.56 Å². The Morgan fingerprint density at radius 2 is 2.00 bits per heavy atom. The van der Waals surface area contributed by atoms with Crippen molar-refractivity contribution < 1.29 is 9.32 Å². The van der Waals surface area contributed by atoms with E-state index in [2.05, 4.69) is 26.2 Å². The van der Waals surface area contributed by atoms with Crippen molar-refractivity contribution in [3.63, 3.8) is 0 Å². The van der Waals surface area contributed by atoms with Crippen molar-refractivity contribution in [3.8, 4) is 5.69 Å². The number of anilines is 1. The summed E-state index contributed by atoms with van der Waals surface area (Å²) in [5.74, 6) is 1.08. The summed E-state index contributed by atoms with van der Waals surface area (Å²) in [6.45, 7) is 6.26. The number of aromatic nitrogens is 3. The van der Waals surface area contributed by atoms with Gasteiger partial charge in [0.05, 0.1) is 35.5 Å². The first kappa shape index (κ1) is 19.2. The number of urea groups is 1. The van der Waals surface area contributed by atoms with Crippen LogP contribution in [0.15, 0.2) is 41.1 Å². The van der Waals surface area contributed by atoms with Crippen LogP contribution >= 0.6 is 0 Å². The molecule has 1 aromatic carbocycles. The lowest BCUT2D eigenvalue weighted by Crippen LogP contribution is -2.28. The third kappa shape index (κ3) is 4.48. The molecule has 1 fully saturated rings. The van der Waals surface area contributed by atoms with E-state index in [-0.39, 0.29) is 12.6 Å². The number of aryl methyl sites for hydroxylation is 1. The van der Waals surface area contributed by atoms with Crippen LogP contribution in [-0.2, 0) is 6.54 Å². The van der Waals surface area contributed by atoms with Crippen LogP contribution in [0.2, 0.25) is 0 Å². The molecule has 2 aromatic heterocycles. The van der Waals surface area contributed by atoms with Crippen molar-refractivity contribution in [1.82, 2.24) is 25.6 Å². The van der Waals surface area contributed by atoms with Gasteiger partial charge in [0.1, 0.15) is 0 Å². The van der Waals surface area contributed by atoms with E-state index in [9.17, 15) is 4.79 Å². The van der Waals surface area contributed by atoms with Gasteiger partial charge in [-0.1, -0.05) is 22.9 Å². The number of nitrogens with one attached hydrogen (secondary N) is 3. The van der Waals surface area contributed by atoms with Gasteiger partial charge >= 0.3 is 6.03 Å². The summed E-state index contributed by atoms with van der Waals surface area (Å²) in [5.41, 5.74) is 4.63.